The number of hydrogen-bond donors (Lipinski definition) is 2. The third-order valence-corrected chi connectivity index (χ3v) is 3.80. The van der Waals surface area contributed by atoms with Crippen molar-refractivity contribution < 1.29 is 24.5 Å². The molecule has 0 saturated heterocycles. The van der Waals surface area contributed by atoms with Crippen molar-refractivity contribution in [3.63, 3.8) is 0 Å². The van der Waals surface area contributed by atoms with Gasteiger partial charge in [0.1, 0.15) is 5.70 Å². The fourth-order valence-electron chi connectivity index (χ4n) is 1.80. The van der Waals surface area contributed by atoms with E-state index in [4.69, 9.17) is 4.74 Å². The van der Waals surface area contributed by atoms with Crippen LogP contribution in [0.2, 0.25) is 0 Å². The third-order valence-electron chi connectivity index (χ3n) is 3.04. The van der Waals surface area contributed by atoms with Gasteiger partial charge in [0.2, 0.25) is 0 Å². The third kappa shape index (κ3) is 5.06. The summed E-state index contributed by atoms with van der Waals surface area (Å²) in [5, 5.41) is 18.8. The number of likely N-dealkylation sites (N-methyl/N-ethyl adjacent to an activating group) is 1. The van der Waals surface area contributed by atoms with Crippen molar-refractivity contribution in [3.8, 4) is 11.5 Å². The van der Waals surface area contributed by atoms with Crippen LogP contribution in [-0.4, -0.2) is 53.8 Å². The SMILES string of the molecule is CCOC(=O)C(=CC=C(SC)C(=O)c1ccc(O)c(O)c1)N(C)C. The van der Waals surface area contributed by atoms with E-state index in [1.807, 2.05) is 0 Å². The lowest BCUT2D eigenvalue weighted by atomic mass is 10.1. The van der Waals surface area contributed by atoms with Gasteiger partial charge in [-0.15, -0.1) is 11.8 Å². The average Bonchev–Trinajstić information content (AvgIpc) is 2.53. The van der Waals surface area contributed by atoms with Crippen LogP contribution in [0, 0.1) is 0 Å². The van der Waals surface area contributed by atoms with Crippen molar-refractivity contribution in [3.05, 3.63) is 46.5 Å². The summed E-state index contributed by atoms with van der Waals surface area (Å²) in [6.45, 7) is 1.98. The standard InChI is InChI=1S/C17H21NO5S/c1-5-23-17(22)12(18(2)3)7-9-15(24-4)16(21)11-6-8-13(19)14(20)10-11/h6-10,19-20H,5H2,1-4H3. The number of rotatable bonds is 7. The highest BCUT2D eigenvalue weighted by molar-refractivity contribution is 8.03. The van der Waals surface area contributed by atoms with Gasteiger partial charge in [-0.05, 0) is 43.5 Å². The highest BCUT2D eigenvalue weighted by atomic mass is 32.2. The molecule has 7 heteroatoms. The van der Waals surface area contributed by atoms with Gasteiger partial charge in [-0.3, -0.25) is 4.79 Å². The van der Waals surface area contributed by atoms with E-state index in [1.54, 1.807) is 32.2 Å². The number of carbonyl (C=O) groups is 2. The molecule has 0 radical (unpaired) electrons. The molecule has 0 fully saturated rings. The Morgan fingerprint density at radius 2 is 1.88 bits per heavy atom. The van der Waals surface area contributed by atoms with Crippen molar-refractivity contribution in [2.24, 2.45) is 0 Å². The Kier molecular flexibility index (Phi) is 7.38. The monoisotopic (exact) mass is 351 g/mol. The molecule has 0 bridgehead atoms. The Bertz CT molecular complexity index is 680. The fraction of sp³-hybridized carbons (Fsp3) is 0.294. The van der Waals surface area contributed by atoms with Crippen LogP contribution < -0.4 is 0 Å². The molecule has 6 nitrogen and oxygen atoms in total. The second-order valence-corrected chi connectivity index (χ2v) is 5.78. The van der Waals surface area contributed by atoms with Crippen LogP contribution in [0.25, 0.3) is 0 Å². The molecule has 0 aromatic heterocycles. The lowest BCUT2D eigenvalue weighted by Gasteiger charge is -2.15. The van der Waals surface area contributed by atoms with E-state index < -0.39 is 5.97 Å². The van der Waals surface area contributed by atoms with E-state index in [0.29, 0.717) is 10.6 Å². The molecule has 0 unspecified atom stereocenters. The minimum Gasteiger partial charge on any atom is -0.504 e. The molecule has 0 spiro atoms. The van der Waals surface area contributed by atoms with Gasteiger partial charge in [0.05, 0.1) is 11.5 Å². The number of aromatic hydroxyl groups is 2. The maximum atomic E-state index is 12.5. The minimum absolute atomic E-state index is 0.238. The van der Waals surface area contributed by atoms with Gasteiger partial charge in [0, 0.05) is 19.7 Å². The molecule has 1 rings (SSSR count). The number of ether oxygens (including phenoxy) is 1. The van der Waals surface area contributed by atoms with Gasteiger partial charge in [0.15, 0.2) is 17.3 Å². The molecule has 0 saturated carbocycles. The van der Waals surface area contributed by atoms with Gasteiger partial charge in [0.25, 0.3) is 0 Å². The zero-order chi connectivity index (χ0) is 18.3. The summed E-state index contributed by atoms with van der Waals surface area (Å²) >= 11 is 1.21. The number of carbonyl (C=O) groups excluding carboxylic acids is 2. The quantitative estimate of drug-likeness (QED) is 0.257. The number of phenolic OH excluding ortho intramolecular Hbond substituents is 2. The first-order valence-corrected chi connectivity index (χ1v) is 8.41. The predicted molar refractivity (Wildman–Crippen MR) is 94.1 cm³/mol. The van der Waals surface area contributed by atoms with Crippen molar-refractivity contribution >= 4 is 23.5 Å². The number of thioether (sulfide) groups is 1. The minimum atomic E-state index is -0.478. The smallest absolute Gasteiger partial charge is 0.354 e. The van der Waals surface area contributed by atoms with Crippen molar-refractivity contribution in [1.29, 1.82) is 0 Å². The van der Waals surface area contributed by atoms with Crippen LogP contribution in [0.3, 0.4) is 0 Å². The van der Waals surface area contributed by atoms with E-state index in [-0.39, 0.29) is 29.5 Å². The zero-order valence-corrected chi connectivity index (χ0v) is 14.9. The summed E-state index contributed by atoms with van der Waals surface area (Å²) in [5.74, 6) is -1.46. The van der Waals surface area contributed by atoms with E-state index in [2.05, 4.69) is 0 Å². The summed E-state index contributed by atoms with van der Waals surface area (Å²) in [4.78, 5) is 26.3. The average molecular weight is 351 g/mol. The Hall–Kier alpha value is -2.41. The van der Waals surface area contributed by atoms with Crippen LogP contribution >= 0.6 is 11.8 Å². The number of benzene rings is 1. The Balaban J connectivity index is 3.15. The van der Waals surface area contributed by atoms with Crippen LogP contribution in [0.15, 0.2) is 41.0 Å². The van der Waals surface area contributed by atoms with Crippen molar-refractivity contribution in [2.45, 2.75) is 6.92 Å². The maximum Gasteiger partial charge on any atom is 0.354 e. The number of phenols is 2. The maximum absolute atomic E-state index is 12.5. The van der Waals surface area contributed by atoms with Gasteiger partial charge in [-0.25, -0.2) is 4.79 Å². The number of allylic oxidation sites excluding steroid dienone is 3. The molecule has 0 atom stereocenters. The molecule has 1 aromatic rings. The number of Topliss-reactive ketones (excluding diaryl/α,β-unsaturated/α-hetero) is 1. The van der Waals surface area contributed by atoms with E-state index in [0.717, 1.165) is 0 Å². The van der Waals surface area contributed by atoms with Crippen LogP contribution in [0.5, 0.6) is 11.5 Å². The Morgan fingerprint density at radius 3 is 2.38 bits per heavy atom. The van der Waals surface area contributed by atoms with Crippen LogP contribution in [0.4, 0.5) is 0 Å². The zero-order valence-electron chi connectivity index (χ0n) is 14.1. The lowest BCUT2D eigenvalue weighted by molar-refractivity contribution is -0.140. The molecule has 0 heterocycles. The van der Waals surface area contributed by atoms with Gasteiger partial charge in [-0.2, -0.15) is 0 Å². The molecule has 2 N–H and O–H groups in total. The summed E-state index contributed by atoms with van der Waals surface area (Å²) in [5.41, 5.74) is 0.548. The lowest BCUT2D eigenvalue weighted by Crippen LogP contribution is -2.21. The molecule has 1 aromatic carbocycles. The van der Waals surface area contributed by atoms with E-state index in [9.17, 15) is 19.8 Å². The van der Waals surface area contributed by atoms with Gasteiger partial charge < -0.3 is 19.8 Å². The second kappa shape index (κ2) is 9.02. The number of nitrogens with zero attached hydrogens (tertiary/aromatic N) is 1. The van der Waals surface area contributed by atoms with Gasteiger partial charge >= 0.3 is 5.97 Å². The molecule has 0 amide bonds. The molecule has 130 valence electrons. The Morgan fingerprint density at radius 1 is 1.21 bits per heavy atom. The van der Waals surface area contributed by atoms with E-state index in [1.165, 1.54) is 42.1 Å². The fourth-order valence-corrected chi connectivity index (χ4v) is 2.31. The summed E-state index contributed by atoms with van der Waals surface area (Å²) < 4.78 is 4.97. The van der Waals surface area contributed by atoms with Crippen molar-refractivity contribution in [1.82, 2.24) is 4.90 Å². The topological polar surface area (TPSA) is 87.1 Å². The summed E-state index contributed by atoms with van der Waals surface area (Å²) in [6, 6.07) is 3.87. The molecule has 0 aliphatic carbocycles. The first kappa shape index (κ1) is 19.6. The Labute approximate surface area is 145 Å². The highest BCUT2D eigenvalue weighted by Gasteiger charge is 2.15. The first-order chi connectivity index (χ1) is 11.3. The van der Waals surface area contributed by atoms with Crippen molar-refractivity contribution in [2.75, 3.05) is 27.0 Å². The van der Waals surface area contributed by atoms with Gasteiger partial charge in [-0.1, -0.05) is 0 Å². The van der Waals surface area contributed by atoms with Crippen LogP contribution in [-0.2, 0) is 9.53 Å². The van der Waals surface area contributed by atoms with E-state index >= 15 is 0 Å². The summed E-state index contributed by atoms with van der Waals surface area (Å²) in [7, 11) is 3.41. The van der Waals surface area contributed by atoms with Crippen LogP contribution in [0.1, 0.15) is 17.3 Å². The second-order valence-electron chi connectivity index (χ2n) is 4.93. The summed E-state index contributed by atoms with van der Waals surface area (Å²) in [6.07, 6.45) is 4.78. The molecular formula is C17H21NO5S. The number of ketones is 1. The first-order valence-electron chi connectivity index (χ1n) is 7.18. The molecule has 0 aliphatic heterocycles. The largest absolute Gasteiger partial charge is 0.504 e. The molecule has 0 aliphatic rings. The number of esters is 1. The normalized spacial score (nSPS) is 12.0. The molecule has 24 heavy (non-hydrogen) atoms. The predicted octanol–water partition coefficient (Wildman–Crippen LogP) is 2.54. The molecular weight excluding hydrogens is 330 g/mol. The highest BCUT2D eigenvalue weighted by Crippen LogP contribution is 2.27. The number of hydrogen-bond acceptors (Lipinski definition) is 7.